The van der Waals surface area contributed by atoms with E-state index < -0.39 is 0 Å². The highest BCUT2D eigenvalue weighted by Gasteiger charge is 2.20. The van der Waals surface area contributed by atoms with Gasteiger partial charge < -0.3 is 15.0 Å². The van der Waals surface area contributed by atoms with E-state index in [4.69, 9.17) is 17.0 Å². The van der Waals surface area contributed by atoms with Gasteiger partial charge in [0.1, 0.15) is 5.75 Å². The molecule has 0 bridgehead atoms. The fourth-order valence-corrected chi connectivity index (χ4v) is 4.14. The Morgan fingerprint density at radius 3 is 2.13 bits per heavy atom. The molecular formula is C31H29N3O3S. The summed E-state index contributed by atoms with van der Waals surface area (Å²) >= 11 is 5.38. The number of hydrogen-bond acceptors (Lipinski definition) is 4. The summed E-state index contributed by atoms with van der Waals surface area (Å²) in [5.41, 5.74) is 3.41. The summed E-state index contributed by atoms with van der Waals surface area (Å²) in [5, 5.41) is 5.79. The molecule has 4 rings (SSSR count). The van der Waals surface area contributed by atoms with Gasteiger partial charge in [0.2, 0.25) is 0 Å². The van der Waals surface area contributed by atoms with Gasteiger partial charge in [-0.2, -0.15) is 0 Å². The fraction of sp³-hybridized carbons (Fsp3) is 0.129. The Bertz CT molecular complexity index is 1380. The van der Waals surface area contributed by atoms with Crippen LogP contribution in [0.3, 0.4) is 0 Å². The van der Waals surface area contributed by atoms with Crippen LogP contribution in [0.2, 0.25) is 0 Å². The SMILES string of the molecule is CCN(C(=O)c1ccccc1NC(=S)NC(=O)c1ccc(OCCc2ccccc2)cc1)c1ccccc1. The van der Waals surface area contributed by atoms with Crippen LogP contribution in [0, 0.1) is 0 Å². The topological polar surface area (TPSA) is 70.7 Å². The Balaban J connectivity index is 1.34. The highest BCUT2D eigenvalue weighted by Crippen LogP contribution is 2.22. The Morgan fingerprint density at radius 2 is 1.45 bits per heavy atom. The van der Waals surface area contributed by atoms with E-state index in [1.54, 1.807) is 53.4 Å². The molecule has 0 aliphatic carbocycles. The molecule has 0 radical (unpaired) electrons. The number of amides is 2. The van der Waals surface area contributed by atoms with E-state index in [0.717, 1.165) is 12.1 Å². The van der Waals surface area contributed by atoms with E-state index in [1.807, 2.05) is 55.5 Å². The second-order valence-corrected chi connectivity index (χ2v) is 8.86. The van der Waals surface area contributed by atoms with Crippen LogP contribution in [0.15, 0.2) is 109 Å². The molecule has 192 valence electrons. The quantitative estimate of drug-likeness (QED) is 0.259. The maximum Gasteiger partial charge on any atom is 0.260 e. The number of hydrogen-bond donors (Lipinski definition) is 2. The van der Waals surface area contributed by atoms with Crippen LogP contribution >= 0.6 is 12.2 Å². The molecule has 0 spiro atoms. The molecule has 7 heteroatoms. The van der Waals surface area contributed by atoms with Gasteiger partial charge in [-0.05, 0) is 73.2 Å². The minimum atomic E-state index is -0.360. The molecule has 0 unspecified atom stereocenters. The lowest BCUT2D eigenvalue weighted by molar-refractivity contribution is 0.0974. The number of para-hydroxylation sites is 2. The number of benzene rings is 4. The van der Waals surface area contributed by atoms with E-state index in [-0.39, 0.29) is 16.9 Å². The third-order valence-electron chi connectivity index (χ3n) is 5.88. The number of rotatable bonds is 9. The molecule has 0 aliphatic rings. The van der Waals surface area contributed by atoms with Crippen molar-refractivity contribution in [3.8, 4) is 5.75 Å². The molecule has 0 aromatic heterocycles. The van der Waals surface area contributed by atoms with Crippen LogP contribution in [0.4, 0.5) is 11.4 Å². The van der Waals surface area contributed by atoms with Crippen molar-refractivity contribution in [2.24, 2.45) is 0 Å². The maximum absolute atomic E-state index is 13.4. The molecule has 4 aromatic rings. The predicted octanol–water partition coefficient (Wildman–Crippen LogP) is 6.10. The first kappa shape index (κ1) is 26.6. The molecule has 0 atom stereocenters. The van der Waals surface area contributed by atoms with Crippen LogP contribution in [-0.4, -0.2) is 30.1 Å². The van der Waals surface area contributed by atoms with Crippen molar-refractivity contribution in [3.05, 3.63) is 126 Å². The summed E-state index contributed by atoms with van der Waals surface area (Å²) in [4.78, 5) is 27.8. The second-order valence-electron chi connectivity index (χ2n) is 8.45. The fourth-order valence-electron chi connectivity index (χ4n) is 3.94. The van der Waals surface area contributed by atoms with Gasteiger partial charge in [-0.25, -0.2) is 0 Å². The van der Waals surface area contributed by atoms with Gasteiger partial charge in [0.25, 0.3) is 11.8 Å². The summed E-state index contributed by atoms with van der Waals surface area (Å²) in [6.07, 6.45) is 0.800. The Labute approximate surface area is 228 Å². The summed E-state index contributed by atoms with van der Waals surface area (Å²) < 4.78 is 5.80. The number of nitrogens with one attached hydrogen (secondary N) is 2. The smallest absolute Gasteiger partial charge is 0.260 e. The number of ether oxygens (including phenoxy) is 1. The summed E-state index contributed by atoms with van der Waals surface area (Å²) in [6, 6.07) is 33.6. The minimum Gasteiger partial charge on any atom is -0.493 e. The van der Waals surface area contributed by atoms with Crippen molar-refractivity contribution in [1.82, 2.24) is 5.32 Å². The Morgan fingerprint density at radius 1 is 0.816 bits per heavy atom. The number of nitrogens with zero attached hydrogens (tertiary/aromatic N) is 1. The van der Waals surface area contributed by atoms with Crippen LogP contribution in [0.5, 0.6) is 5.75 Å². The molecule has 0 saturated carbocycles. The van der Waals surface area contributed by atoms with E-state index in [0.29, 0.717) is 35.7 Å². The summed E-state index contributed by atoms with van der Waals surface area (Å²) in [6.45, 7) is 2.97. The Hall–Kier alpha value is -4.49. The van der Waals surface area contributed by atoms with E-state index in [9.17, 15) is 9.59 Å². The third kappa shape index (κ3) is 7.05. The first-order valence-electron chi connectivity index (χ1n) is 12.4. The molecule has 6 nitrogen and oxygen atoms in total. The first-order chi connectivity index (χ1) is 18.5. The molecule has 0 fully saturated rings. The molecule has 0 saturated heterocycles. The van der Waals surface area contributed by atoms with Crippen molar-refractivity contribution in [2.75, 3.05) is 23.4 Å². The third-order valence-corrected chi connectivity index (χ3v) is 6.08. The van der Waals surface area contributed by atoms with E-state index in [2.05, 4.69) is 22.8 Å². The number of thiocarbonyl (C=S) groups is 1. The molecule has 2 N–H and O–H groups in total. The monoisotopic (exact) mass is 523 g/mol. The van der Waals surface area contributed by atoms with Gasteiger partial charge in [-0.1, -0.05) is 60.7 Å². The van der Waals surface area contributed by atoms with E-state index in [1.165, 1.54) is 5.56 Å². The number of carbonyl (C=O) groups is 2. The van der Waals surface area contributed by atoms with Crippen molar-refractivity contribution in [3.63, 3.8) is 0 Å². The minimum absolute atomic E-state index is 0.0983. The van der Waals surface area contributed by atoms with Gasteiger partial charge >= 0.3 is 0 Å². The second kappa shape index (κ2) is 13.2. The highest BCUT2D eigenvalue weighted by atomic mass is 32.1. The molecule has 2 amide bonds. The average molecular weight is 524 g/mol. The first-order valence-corrected chi connectivity index (χ1v) is 12.8. The number of carbonyl (C=O) groups excluding carboxylic acids is 2. The van der Waals surface area contributed by atoms with Crippen LogP contribution in [0.25, 0.3) is 0 Å². The zero-order valence-electron chi connectivity index (χ0n) is 21.1. The molecule has 4 aromatic carbocycles. The maximum atomic E-state index is 13.4. The average Bonchev–Trinajstić information content (AvgIpc) is 2.95. The molecular weight excluding hydrogens is 494 g/mol. The molecule has 0 heterocycles. The van der Waals surface area contributed by atoms with Gasteiger partial charge in [0.05, 0.1) is 17.9 Å². The lowest BCUT2D eigenvalue weighted by atomic mass is 10.1. The van der Waals surface area contributed by atoms with Gasteiger partial charge in [0, 0.05) is 24.2 Å². The van der Waals surface area contributed by atoms with Crippen LogP contribution < -0.4 is 20.3 Å². The van der Waals surface area contributed by atoms with Gasteiger partial charge in [-0.15, -0.1) is 0 Å². The zero-order chi connectivity index (χ0) is 26.7. The molecule has 38 heavy (non-hydrogen) atoms. The van der Waals surface area contributed by atoms with Crippen molar-refractivity contribution < 1.29 is 14.3 Å². The predicted molar refractivity (Wildman–Crippen MR) is 156 cm³/mol. The summed E-state index contributed by atoms with van der Waals surface area (Å²) in [7, 11) is 0. The normalized spacial score (nSPS) is 10.3. The Kier molecular flexibility index (Phi) is 9.21. The van der Waals surface area contributed by atoms with Gasteiger partial charge in [-0.3, -0.25) is 14.9 Å². The van der Waals surface area contributed by atoms with Crippen molar-refractivity contribution in [2.45, 2.75) is 13.3 Å². The standard InChI is InChI=1S/C31H29N3O3S/c1-2-34(25-13-7-4-8-14-25)30(36)27-15-9-10-16-28(27)32-31(38)33-29(35)24-17-19-26(20-18-24)37-22-21-23-11-5-3-6-12-23/h3-20H,2,21-22H2,1H3,(H2,32,33,35,38). The van der Waals surface area contributed by atoms with Gasteiger partial charge in [0.15, 0.2) is 5.11 Å². The molecule has 0 aliphatic heterocycles. The van der Waals surface area contributed by atoms with Crippen molar-refractivity contribution >= 4 is 40.5 Å². The summed E-state index contributed by atoms with van der Waals surface area (Å²) in [5.74, 6) is 0.157. The highest BCUT2D eigenvalue weighted by molar-refractivity contribution is 7.80. The van der Waals surface area contributed by atoms with Crippen molar-refractivity contribution in [1.29, 1.82) is 0 Å². The van der Waals surface area contributed by atoms with E-state index >= 15 is 0 Å². The zero-order valence-corrected chi connectivity index (χ0v) is 21.9. The van der Waals surface area contributed by atoms with Crippen LogP contribution in [0.1, 0.15) is 33.2 Å². The largest absolute Gasteiger partial charge is 0.493 e. The van der Waals surface area contributed by atoms with Crippen LogP contribution in [-0.2, 0) is 6.42 Å². The number of anilines is 2. The lowest BCUT2D eigenvalue weighted by Crippen LogP contribution is -2.35. The lowest BCUT2D eigenvalue weighted by Gasteiger charge is -2.23.